The molecule has 0 atom stereocenters. The molecule has 0 unspecified atom stereocenters. The van der Waals surface area contributed by atoms with E-state index in [4.69, 9.17) is 16.8 Å². The fourth-order valence-corrected chi connectivity index (χ4v) is 5.71. The molecule has 0 radical (unpaired) electrons. The van der Waals surface area contributed by atoms with E-state index >= 15 is 0 Å². The van der Waals surface area contributed by atoms with Crippen molar-refractivity contribution in [2.75, 3.05) is 29.1 Å². The van der Waals surface area contributed by atoms with Crippen molar-refractivity contribution < 1.29 is 27.4 Å². The van der Waals surface area contributed by atoms with Crippen LogP contribution >= 0.6 is 39.9 Å². The molecule has 1 fully saturated rings. The van der Waals surface area contributed by atoms with E-state index in [0.717, 1.165) is 21.1 Å². The lowest BCUT2D eigenvalue weighted by Crippen LogP contribution is -2.36. The first-order chi connectivity index (χ1) is 16.0. The molecule has 3 amide bonds. The van der Waals surface area contributed by atoms with Crippen molar-refractivity contribution in [3.63, 3.8) is 0 Å². The van der Waals surface area contributed by atoms with Crippen molar-refractivity contribution >= 4 is 89.0 Å². The number of amides is 3. The number of benzene rings is 2. The monoisotopic (exact) mass is 581 g/mol. The fourth-order valence-electron chi connectivity index (χ4n) is 3.52. The number of carbonyl (C=O) groups is 3. The number of nitrogens with one attached hydrogen (secondary N) is 1. The van der Waals surface area contributed by atoms with Crippen LogP contribution in [0.4, 0.5) is 11.4 Å². The molecule has 2 heterocycles. The minimum absolute atomic E-state index is 0.0488. The highest BCUT2D eigenvalue weighted by Gasteiger charge is 2.42. The van der Waals surface area contributed by atoms with E-state index in [-0.39, 0.29) is 27.9 Å². The first-order valence-corrected chi connectivity index (χ1v) is 13.4. The molecule has 2 N–H and O–H groups in total. The van der Waals surface area contributed by atoms with E-state index in [0.29, 0.717) is 16.9 Å². The van der Waals surface area contributed by atoms with E-state index in [9.17, 15) is 22.8 Å². The van der Waals surface area contributed by atoms with Crippen LogP contribution < -0.4 is 10.2 Å². The molecule has 34 heavy (non-hydrogen) atoms. The van der Waals surface area contributed by atoms with Crippen LogP contribution in [0.15, 0.2) is 57.9 Å². The quantitative estimate of drug-likeness (QED) is 0.303. The topological polar surface area (TPSA) is 124 Å². The molecule has 0 aromatic heterocycles. The Hall–Kier alpha value is -2.58. The fraction of sp³-hybridized carbons (Fsp3) is 0.143. The number of hydrogen-bond acceptors (Lipinski definition) is 7. The Morgan fingerprint density at radius 2 is 1.82 bits per heavy atom. The van der Waals surface area contributed by atoms with Crippen molar-refractivity contribution in [3.8, 4) is 0 Å². The molecule has 13 heteroatoms. The second-order valence-corrected chi connectivity index (χ2v) is 11.4. The maximum absolute atomic E-state index is 13.4. The number of anilines is 2. The molecule has 2 aromatic rings. The summed E-state index contributed by atoms with van der Waals surface area (Å²) in [6, 6.07) is 13.8. The van der Waals surface area contributed by atoms with Crippen LogP contribution in [0.1, 0.15) is 5.56 Å². The summed E-state index contributed by atoms with van der Waals surface area (Å²) in [4.78, 5) is 41.4. The number of carbonyl (C=O) groups excluding carboxylic acids is 3. The Morgan fingerprint density at radius 3 is 2.53 bits per heavy atom. The summed E-state index contributed by atoms with van der Waals surface area (Å²) >= 11 is 9.42. The van der Waals surface area contributed by atoms with E-state index in [1.54, 1.807) is 42.5 Å². The SMILES string of the molecule is O=C(CN1C(=O)C(=C2SC(=S)N(CCS(=O)(=O)O)C2=O)c2ccccc21)Nc1cccc(Br)c1. The second kappa shape index (κ2) is 9.58. The maximum atomic E-state index is 13.4. The average Bonchev–Trinajstić information content (AvgIpc) is 3.18. The normalized spacial score (nSPS) is 18.0. The Labute approximate surface area is 213 Å². The third kappa shape index (κ3) is 5.08. The van der Waals surface area contributed by atoms with E-state index < -0.39 is 33.6 Å². The average molecular weight is 582 g/mol. The summed E-state index contributed by atoms with van der Waals surface area (Å²) in [5, 5.41) is 2.74. The van der Waals surface area contributed by atoms with Gasteiger partial charge in [0.2, 0.25) is 5.91 Å². The predicted molar refractivity (Wildman–Crippen MR) is 137 cm³/mol. The third-order valence-electron chi connectivity index (χ3n) is 4.98. The molecule has 2 aliphatic rings. The molecule has 2 aliphatic heterocycles. The van der Waals surface area contributed by atoms with Crippen LogP contribution in [0.3, 0.4) is 0 Å². The van der Waals surface area contributed by atoms with Gasteiger partial charge < -0.3 is 5.32 Å². The van der Waals surface area contributed by atoms with Crippen LogP contribution in [0.25, 0.3) is 5.57 Å². The highest BCUT2D eigenvalue weighted by Crippen LogP contribution is 2.44. The summed E-state index contributed by atoms with van der Waals surface area (Å²) < 4.78 is 32.1. The number of hydrogen-bond donors (Lipinski definition) is 2. The van der Waals surface area contributed by atoms with Gasteiger partial charge in [-0.15, -0.1) is 0 Å². The Kier molecular flexibility index (Phi) is 6.92. The van der Waals surface area contributed by atoms with Crippen LogP contribution in [-0.2, 0) is 24.5 Å². The number of fused-ring (bicyclic) bond motifs is 1. The lowest BCUT2D eigenvalue weighted by Gasteiger charge is -2.17. The maximum Gasteiger partial charge on any atom is 0.267 e. The molecule has 2 aromatic carbocycles. The van der Waals surface area contributed by atoms with Gasteiger partial charge in [0.05, 0.1) is 21.9 Å². The predicted octanol–water partition coefficient (Wildman–Crippen LogP) is 2.89. The smallest absolute Gasteiger partial charge is 0.267 e. The van der Waals surface area contributed by atoms with Crippen molar-refractivity contribution in [2.45, 2.75) is 0 Å². The molecule has 0 saturated carbocycles. The largest absolute Gasteiger partial charge is 0.324 e. The van der Waals surface area contributed by atoms with Gasteiger partial charge >= 0.3 is 0 Å². The number of nitrogens with zero attached hydrogens (tertiary/aromatic N) is 2. The van der Waals surface area contributed by atoms with Gasteiger partial charge in [0.25, 0.3) is 21.9 Å². The first-order valence-electron chi connectivity index (χ1n) is 9.75. The van der Waals surface area contributed by atoms with Crippen LogP contribution in [-0.4, -0.2) is 58.8 Å². The van der Waals surface area contributed by atoms with Crippen LogP contribution in [0.5, 0.6) is 0 Å². The first kappa shape index (κ1) is 24.5. The van der Waals surface area contributed by atoms with Crippen molar-refractivity contribution in [3.05, 3.63) is 63.5 Å². The summed E-state index contributed by atoms with van der Waals surface area (Å²) in [5.74, 6) is -2.28. The Balaban J connectivity index is 1.62. The molecule has 1 saturated heterocycles. The number of thiocarbonyl (C=S) groups is 1. The summed E-state index contributed by atoms with van der Waals surface area (Å²) in [5.41, 5.74) is 1.59. The minimum Gasteiger partial charge on any atom is -0.324 e. The molecule has 0 bridgehead atoms. The van der Waals surface area contributed by atoms with Gasteiger partial charge in [-0.25, -0.2) is 0 Å². The van der Waals surface area contributed by atoms with Crippen LogP contribution in [0, 0.1) is 0 Å². The number of thioether (sulfide) groups is 1. The Bertz CT molecular complexity index is 1380. The molecule has 0 aliphatic carbocycles. The van der Waals surface area contributed by atoms with E-state index in [2.05, 4.69) is 21.2 Å². The minimum atomic E-state index is -4.31. The molecule has 9 nitrogen and oxygen atoms in total. The van der Waals surface area contributed by atoms with Gasteiger partial charge in [-0.1, -0.05) is 64.2 Å². The molecule has 4 rings (SSSR count). The zero-order chi connectivity index (χ0) is 24.6. The van der Waals surface area contributed by atoms with Gasteiger partial charge in [0.1, 0.15) is 10.9 Å². The van der Waals surface area contributed by atoms with Crippen LogP contribution in [0.2, 0.25) is 0 Å². The third-order valence-corrected chi connectivity index (χ3v) is 7.62. The van der Waals surface area contributed by atoms with Gasteiger partial charge in [-0.3, -0.25) is 28.7 Å². The second-order valence-electron chi connectivity index (χ2n) is 7.28. The van der Waals surface area contributed by atoms with Crippen molar-refractivity contribution in [1.82, 2.24) is 4.90 Å². The summed E-state index contributed by atoms with van der Waals surface area (Å²) in [7, 11) is -4.31. The standard InChI is InChI=1S/C21H16BrN3O6S3/c22-12-4-3-5-13(10-12)23-16(26)11-25-15-7-2-1-6-14(15)17(19(25)27)18-20(28)24(21(32)33-18)8-9-34(29,30)31/h1-7,10H,8-9,11H2,(H,23,26)(H,29,30,31). The van der Waals surface area contributed by atoms with Gasteiger partial charge in [-0.05, 0) is 24.3 Å². The number of para-hydroxylation sites is 1. The van der Waals surface area contributed by atoms with Gasteiger partial charge in [0, 0.05) is 22.3 Å². The lowest BCUT2D eigenvalue weighted by atomic mass is 10.1. The van der Waals surface area contributed by atoms with Crippen molar-refractivity contribution in [2.24, 2.45) is 0 Å². The highest BCUT2D eigenvalue weighted by molar-refractivity contribution is 9.10. The Morgan fingerprint density at radius 1 is 1.09 bits per heavy atom. The van der Waals surface area contributed by atoms with E-state index in [1.165, 1.54) is 4.90 Å². The summed E-state index contributed by atoms with van der Waals surface area (Å²) in [6.07, 6.45) is 0. The zero-order valence-electron chi connectivity index (χ0n) is 17.2. The van der Waals surface area contributed by atoms with Gasteiger partial charge in [-0.2, -0.15) is 8.42 Å². The molecular weight excluding hydrogens is 566 g/mol. The van der Waals surface area contributed by atoms with Crippen molar-refractivity contribution in [1.29, 1.82) is 0 Å². The van der Waals surface area contributed by atoms with Gasteiger partial charge in [0.15, 0.2) is 0 Å². The summed E-state index contributed by atoms with van der Waals surface area (Å²) in [6.45, 7) is -0.621. The highest BCUT2D eigenvalue weighted by atomic mass is 79.9. The number of rotatable bonds is 6. The molecule has 176 valence electrons. The lowest BCUT2D eigenvalue weighted by molar-refractivity contribution is -0.122. The molecule has 0 spiro atoms. The molecular formula is C21H16BrN3O6S3. The number of halogens is 1. The zero-order valence-corrected chi connectivity index (χ0v) is 21.3. The van der Waals surface area contributed by atoms with E-state index in [1.807, 2.05) is 6.07 Å².